The van der Waals surface area contributed by atoms with Crippen molar-refractivity contribution >= 4 is 23.2 Å². The zero-order chi connectivity index (χ0) is 22.1. The van der Waals surface area contributed by atoms with Crippen molar-refractivity contribution in [2.75, 3.05) is 6.54 Å². The number of hydrogen-bond acceptors (Lipinski definition) is 4. The van der Waals surface area contributed by atoms with Crippen LogP contribution in [-0.4, -0.2) is 35.5 Å². The van der Waals surface area contributed by atoms with Crippen LogP contribution in [0, 0.1) is 0 Å². The van der Waals surface area contributed by atoms with E-state index in [9.17, 15) is 9.59 Å². The maximum Gasteiger partial charge on any atom is 0.348 e. The van der Waals surface area contributed by atoms with Gasteiger partial charge in [-0.1, -0.05) is 36.8 Å². The topological polar surface area (TPSA) is 46.6 Å². The van der Waals surface area contributed by atoms with Gasteiger partial charge in [-0.25, -0.2) is 4.79 Å². The smallest absolute Gasteiger partial charge is 0.348 e. The zero-order valence-corrected chi connectivity index (χ0v) is 19.7. The number of unbranched alkanes of at least 4 members (excludes halogenated alkanes) is 1. The molecule has 0 saturated carbocycles. The quantitative estimate of drug-likeness (QED) is 0.315. The lowest BCUT2D eigenvalue weighted by atomic mass is 9.95. The number of piperidine rings is 1. The number of likely N-dealkylation sites (tertiary alicyclic amines) is 1. The van der Waals surface area contributed by atoms with Crippen molar-refractivity contribution in [3.63, 3.8) is 0 Å². The summed E-state index contributed by atoms with van der Waals surface area (Å²) in [4.78, 5) is 28.6. The SMILES string of the molecule is CC(C)OC(=O)c1ccc(CCCN2C(=O)CCCC2CCCCc2ccccc2)s1. The maximum absolute atomic E-state index is 12.6. The molecule has 0 radical (unpaired) electrons. The fraction of sp³-hybridized carbons (Fsp3) is 0.538. The van der Waals surface area contributed by atoms with Gasteiger partial charge in [-0.05, 0) is 76.5 Å². The lowest BCUT2D eigenvalue weighted by molar-refractivity contribution is -0.136. The third-order valence-corrected chi connectivity index (χ3v) is 6.94. The van der Waals surface area contributed by atoms with Gasteiger partial charge in [0.1, 0.15) is 4.88 Å². The summed E-state index contributed by atoms with van der Waals surface area (Å²) in [6.07, 6.45) is 9.10. The van der Waals surface area contributed by atoms with Gasteiger partial charge in [-0.3, -0.25) is 4.79 Å². The summed E-state index contributed by atoms with van der Waals surface area (Å²) < 4.78 is 5.27. The molecular formula is C26H35NO3S. The first-order valence-corrected chi connectivity index (χ1v) is 12.5. The Labute approximate surface area is 190 Å². The molecule has 0 spiro atoms. The Bertz CT molecular complexity index is 830. The second-order valence-corrected chi connectivity index (χ2v) is 9.86. The van der Waals surface area contributed by atoms with Gasteiger partial charge in [0.05, 0.1) is 6.10 Å². The molecule has 2 heterocycles. The van der Waals surface area contributed by atoms with Crippen LogP contribution in [0.4, 0.5) is 0 Å². The molecule has 31 heavy (non-hydrogen) atoms. The molecule has 1 aliphatic heterocycles. The lowest BCUT2D eigenvalue weighted by Crippen LogP contribution is -2.44. The van der Waals surface area contributed by atoms with E-state index in [-0.39, 0.29) is 12.1 Å². The van der Waals surface area contributed by atoms with E-state index < -0.39 is 0 Å². The van der Waals surface area contributed by atoms with E-state index in [2.05, 4.69) is 35.2 Å². The number of hydrogen-bond donors (Lipinski definition) is 0. The predicted molar refractivity (Wildman–Crippen MR) is 127 cm³/mol. The maximum atomic E-state index is 12.6. The molecule has 1 unspecified atom stereocenters. The monoisotopic (exact) mass is 441 g/mol. The molecule has 1 aromatic carbocycles. The molecule has 1 aromatic heterocycles. The van der Waals surface area contributed by atoms with Gasteiger partial charge in [0.25, 0.3) is 0 Å². The van der Waals surface area contributed by atoms with Crippen LogP contribution < -0.4 is 0 Å². The predicted octanol–water partition coefficient (Wildman–Crippen LogP) is 6.04. The van der Waals surface area contributed by atoms with Crippen molar-refractivity contribution in [2.45, 2.75) is 83.8 Å². The molecule has 1 atom stereocenters. The molecule has 1 amide bonds. The summed E-state index contributed by atoms with van der Waals surface area (Å²) in [6.45, 7) is 4.53. The molecule has 1 fully saturated rings. The number of aryl methyl sites for hydroxylation is 2. The third-order valence-electron chi connectivity index (χ3n) is 5.81. The Morgan fingerprint density at radius 1 is 1.10 bits per heavy atom. The number of carbonyl (C=O) groups is 2. The van der Waals surface area contributed by atoms with Crippen LogP contribution in [0.3, 0.4) is 0 Å². The van der Waals surface area contributed by atoms with Crippen LogP contribution in [-0.2, 0) is 22.4 Å². The average molecular weight is 442 g/mol. The van der Waals surface area contributed by atoms with E-state index in [1.165, 1.54) is 28.2 Å². The Kier molecular flexibility index (Phi) is 9.13. The van der Waals surface area contributed by atoms with E-state index in [0.29, 0.717) is 23.2 Å². The van der Waals surface area contributed by atoms with E-state index >= 15 is 0 Å². The Balaban J connectivity index is 1.43. The highest BCUT2D eigenvalue weighted by molar-refractivity contribution is 7.13. The number of rotatable bonds is 11. The van der Waals surface area contributed by atoms with Crippen molar-refractivity contribution in [1.29, 1.82) is 0 Å². The Morgan fingerprint density at radius 3 is 2.68 bits per heavy atom. The minimum absolute atomic E-state index is 0.104. The summed E-state index contributed by atoms with van der Waals surface area (Å²) in [5.74, 6) is 0.0692. The van der Waals surface area contributed by atoms with Crippen LogP contribution in [0.5, 0.6) is 0 Å². The van der Waals surface area contributed by atoms with E-state index in [4.69, 9.17) is 4.74 Å². The number of benzene rings is 1. The second kappa shape index (κ2) is 12.0. The molecule has 0 N–H and O–H groups in total. The van der Waals surface area contributed by atoms with Gasteiger partial charge in [0, 0.05) is 23.9 Å². The minimum atomic E-state index is -0.243. The van der Waals surface area contributed by atoms with Crippen LogP contribution in [0.2, 0.25) is 0 Å². The fourth-order valence-corrected chi connectivity index (χ4v) is 5.20. The number of carbonyl (C=O) groups excluding carboxylic acids is 2. The number of amides is 1. The molecule has 0 bridgehead atoms. The first kappa shape index (κ1) is 23.5. The van der Waals surface area contributed by atoms with Gasteiger partial charge >= 0.3 is 5.97 Å². The number of nitrogens with zero attached hydrogens (tertiary/aromatic N) is 1. The minimum Gasteiger partial charge on any atom is -0.459 e. The van der Waals surface area contributed by atoms with Crippen LogP contribution in [0.15, 0.2) is 42.5 Å². The highest BCUT2D eigenvalue weighted by Crippen LogP contribution is 2.25. The van der Waals surface area contributed by atoms with E-state index in [0.717, 1.165) is 51.5 Å². The van der Waals surface area contributed by atoms with Crippen molar-refractivity contribution in [3.05, 3.63) is 57.8 Å². The van der Waals surface area contributed by atoms with Crippen molar-refractivity contribution < 1.29 is 14.3 Å². The van der Waals surface area contributed by atoms with Crippen molar-refractivity contribution in [1.82, 2.24) is 4.90 Å². The number of ether oxygens (including phenoxy) is 1. The molecule has 2 aromatic rings. The van der Waals surface area contributed by atoms with Crippen LogP contribution in [0.25, 0.3) is 0 Å². The first-order chi connectivity index (χ1) is 15.0. The first-order valence-electron chi connectivity index (χ1n) is 11.7. The molecule has 4 nitrogen and oxygen atoms in total. The summed E-state index contributed by atoms with van der Waals surface area (Å²) >= 11 is 1.51. The van der Waals surface area contributed by atoms with Crippen molar-refractivity contribution in [2.24, 2.45) is 0 Å². The molecular weight excluding hydrogens is 406 g/mol. The molecule has 1 aliphatic rings. The average Bonchev–Trinajstić information content (AvgIpc) is 3.22. The summed E-state index contributed by atoms with van der Waals surface area (Å²) in [7, 11) is 0. The molecule has 5 heteroatoms. The highest BCUT2D eigenvalue weighted by Gasteiger charge is 2.27. The summed E-state index contributed by atoms with van der Waals surface area (Å²) in [5, 5.41) is 0. The van der Waals surface area contributed by atoms with Gasteiger partial charge in [-0.15, -0.1) is 11.3 Å². The Morgan fingerprint density at radius 2 is 1.90 bits per heavy atom. The fourth-order valence-electron chi connectivity index (χ4n) is 4.27. The molecule has 168 valence electrons. The third kappa shape index (κ3) is 7.49. The van der Waals surface area contributed by atoms with Gasteiger partial charge in [0.2, 0.25) is 5.91 Å². The molecule has 0 aliphatic carbocycles. The standard InChI is InChI=1S/C26H35NO3S/c1-20(2)30-26(29)24-18-17-23(31-24)15-9-19-27-22(14-8-16-25(27)28)13-7-6-12-21-10-4-3-5-11-21/h3-5,10-11,17-18,20,22H,6-9,12-16,19H2,1-2H3. The highest BCUT2D eigenvalue weighted by atomic mass is 32.1. The summed E-state index contributed by atoms with van der Waals surface area (Å²) in [6, 6.07) is 14.9. The van der Waals surface area contributed by atoms with Gasteiger partial charge in [0.15, 0.2) is 0 Å². The zero-order valence-electron chi connectivity index (χ0n) is 18.8. The van der Waals surface area contributed by atoms with Crippen LogP contribution in [0.1, 0.15) is 78.9 Å². The largest absolute Gasteiger partial charge is 0.459 e. The van der Waals surface area contributed by atoms with Crippen molar-refractivity contribution in [3.8, 4) is 0 Å². The summed E-state index contributed by atoms with van der Waals surface area (Å²) in [5.41, 5.74) is 1.40. The van der Waals surface area contributed by atoms with E-state index in [1.54, 1.807) is 0 Å². The number of thiophene rings is 1. The van der Waals surface area contributed by atoms with Gasteiger partial charge < -0.3 is 9.64 Å². The second-order valence-electron chi connectivity index (χ2n) is 8.69. The molecule has 1 saturated heterocycles. The normalized spacial score (nSPS) is 16.7. The number of esters is 1. The van der Waals surface area contributed by atoms with Crippen LogP contribution >= 0.6 is 11.3 Å². The lowest BCUT2D eigenvalue weighted by Gasteiger charge is -2.36. The Hall–Kier alpha value is -2.14. The molecule has 3 rings (SSSR count). The van der Waals surface area contributed by atoms with Gasteiger partial charge in [-0.2, -0.15) is 0 Å². The van der Waals surface area contributed by atoms with E-state index in [1.807, 2.05) is 26.0 Å².